The summed E-state index contributed by atoms with van der Waals surface area (Å²) in [7, 11) is 0. The Bertz CT molecular complexity index is 795. The summed E-state index contributed by atoms with van der Waals surface area (Å²) in [6.45, 7) is 1.62. The van der Waals surface area contributed by atoms with Crippen molar-refractivity contribution in [3.8, 4) is 0 Å². The third kappa shape index (κ3) is 4.77. The zero-order valence-corrected chi connectivity index (χ0v) is 14.0. The maximum atomic E-state index is 11.9. The van der Waals surface area contributed by atoms with Crippen LogP contribution >= 0.6 is 11.6 Å². The van der Waals surface area contributed by atoms with Crippen LogP contribution in [0.5, 0.6) is 0 Å². The zero-order valence-electron chi connectivity index (χ0n) is 13.3. The van der Waals surface area contributed by atoms with Gasteiger partial charge in [0.05, 0.1) is 16.5 Å². The molecule has 0 heterocycles. The highest BCUT2D eigenvalue weighted by molar-refractivity contribution is 6.68. The number of rotatable bonds is 6. The van der Waals surface area contributed by atoms with Gasteiger partial charge in [-0.1, -0.05) is 42.5 Å². The van der Waals surface area contributed by atoms with Gasteiger partial charge in [-0.25, -0.2) is 4.79 Å². The predicted octanol–water partition coefficient (Wildman–Crippen LogP) is 3.96. The number of nitro groups is 1. The third-order valence-electron chi connectivity index (χ3n) is 3.48. The van der Waals surface area contributed by atoms with Crippen LogP contribution in [0.1, 0.15) is 34.5 Å². The Morgan fingerprint density at radius 2 is 1.88 bits per heavy atom. The lowest BCUT2D eigenvalue weighted by atomic mass is 10.0. The molecular weight excluding hydrogens is 348 g/mol. The minimum Gasteiger partial charge on any atom is -0.445 e. The van der Waals surface area contributed by atoms with Gasteiger partial charge in [-0.3, -0.25) is 14.9 Å². The molecule has 0 saturated heterocycles. The third-order valence-corrected chi connectivity index (χ3v) is 3.68. The van der Waals surface area contributed by atoms with E-state index < -0.39 is 28.0 Å². The molecule has 0 aliphatic carbocycles. The predicted molar refractivity (Wildman–Crippen MR) is 91.5 cm³/mol. The highest BCUT2D eigenvalue weighted by atomic mass is 35.5. The number of carbonyl (C=O) groups excluding carboxylic acids is 2. The molecule has 2 aromatic carbocycles. The summed E-state index contributed by atoms with van der Waals surface area (Å²) < 4.78 is 5.09. The number of nitro benzene ring substituents is 1. The number of benzene rings is 2. The van der Waals surface area contributed by atoms with Gasteiger partial charge in [0.15, 0.2) is 0 Å². The molecule has 0 aliphatic rings. The second kappa shape index (κ2) is 8.25. The van der Waals surface area contributed by atoms with Crippen molar-refractivity contribution in [3.05, 3.63) is 75.3 Å². The SMILES string of the molecule is C[C@@H](NC(=O)OCc1ccccc1)c1cccc(C(=O)Cl)c1[N+](=O)[O-]. The summed E-state index contributed by atoms with van der Waals surface area (Å²) in [5, 5.41) is 12.9. The van der Waals surface area contributed by atoms with E-state index in [1.54, 1.807) is 19.1 Å². The van der Waals surface area contributed by atoms with E-state index in [-0.39, 0.29) is 17.7 Å². The average Bonchev–Trinajstić information content (AvgIpc) is 2.60. The number of nitrogens with one attached hydrogen (secondary N) is 1. The molecule has 1 amide bonds. The molecular formula is C17H15ClN2O5. The van der Waals surface area contributed by atoms with E-state index >= 15 is 0 Å². The highest BCUT2D eigenvalue weighted by Gasteiger charge is 2.27. The first-order chi connectivity index (χ1) is 11.9. The number of hydrogen-bond acceptors (Lipinski definition) is 5. The lowest BCUT2D eigenvalue weighted by Crippen LogP contribution is -2.28. The van der Waals surface area contributed by atoms with Crippen LogP contribution in [0.4, 0.5) is 10.5 Å². The van der Waals surface area contributed by atoms with Crippen molar-refractivity contribution in [1.82, 2.24) is 5.32 Å². The summed E-state index contributed by atoms with van der Waals surface area (Å²) in [4.78, 5) is 33.9. The Hall–Kier alpha value is -2.93. The molecule has 7 nitrogen and oxygen atoms in total. The van der Waals surface area contributed by atoms with Crippen LogP contribution in [0.15, 0.2) is 48.5 Å². The van der Waals surface area contributed by atoms with Crippen molar-refractivity contribution in [2.24, 2.45) is 0 Å². The molecule has 2 rings (SSSR count). The number of ether oxygens (including phenoxy) is 1. The summed E-state index contributed by atoms with van der Waals surface area (Å²) in [5.74, 6) is 0. The molecule has 1 atom stereocenters. The highest BCUT2D eigenvalue weighted by Crippen LogP contribution is 2.30. The number of para-hydroxylation sites is 1. The van der Waals surface area contributed by atoms with Crippen LogP contribution in [0, 0.1) is 10.1 Å². The standard InChI is InChI=1S/C17H15ClN2O5/c1-11(19-17(22)25-10-12-6-3-2-4-7-12)13-8-5-9-14(16(18)21)15(13)20(23)24/h2-9,11H,10H2,1H3,(H,19,22)/t11-/m1/s1. The molecule has 0 saturated carbocycles. The minimum absolute atomic E-state index is 0.0711. The van der Waals surface area contributed by atoms with Gasteiger partial charge in [0, 0.05) is 0 Å². The molecule has 0 radical (unpaired) electrons. The number of alkyl carbamates (subject to hydrolysis) is 1. The fourth-order valence-electron chi connectivity index (χ4n) is 2.29. The van der Waals surface area contributed by atoms with Gasteiger partial charge in [-0.15, -0.1) is 0 Å². The first-order valence-electron chi connectivity index (χ1n) is 7.34. The van der Waals surface area contributed by atoms with Gasteiger partial charge in [0.2, 0.25) is 0 Å². The van der Waals surface area contributed by atoms with Crippen LogP contribution in [0.25, 0.3) is 0 Å². The van der Waals surface area contributed by atoms with Crippen molar-refractivity contribution < 1.29 is 19.2 Å². The van der Waals surface area contributed by atoms with E-state index in [1.807, 2.05) is 18.2 Å². The van der Waals surface area contributed by atoms with E-state index in [2.05, 4.69) is 5.32 Å². The van der Waals surface area contributed by atoms with E-state index in [1.165, 1.54) is 18.2 Å². The van der Waals surface area contributed by atoms with Crippen molar-refractivity contribution >= 4 is 28.6 Å². The second-order valence-corrected chi connectivity index (χ2v) is 5.55. The lowest BCUT2D eigenvalue weighted by Gasteiger charge is -2.15. The smallest absolute Gasteiger partial charge is 0.407 e. The molecule has 1 N–H and O–H groups in total. The Kier molecular flexibility index (Phi) is 6.08. The van der Waals surface area contributed by atoms with Gasteiger partial charge in [0.25, 0.3) is 10.9 Å². The molecule has 0 aliphatic heterocycles. The Morgan fingerprint density at radius 3 is 2.48 bits per heavy atom. The van der Waals surface area contributed by atoms with Gasteiger partial charge < -0.3 is 10.1 Å². The normalized spacial score (nSPS) is 11.4. The average molecular weight is 363 g/mol. The Morgan fingerprint density at radius 1 is 1.20 bits per heavy atom. The van der Waals surface area contributed by atoms with Crippen molar-refractivity contribution in [2.45, 2.75) is 19.6 Å². The largest absolute Gasteiger partial charge is 0.445 e. The first-order valence-corrected chi connectivity index (χ1v) is 7.72. The fourth-order valence-corrected chi connectivity index (χ4v) is 2.44. The molecule has 0 fully saturated rings. The van der Waals surface area contributed by atoms with Crippen molar-refractivity contribution in [3.63, 3.8) is 0 Å². The van der Waals surface area contributed by atoms with Crippen LogP contribution in [-0.4, -0.2) is 16.3 Å². The molecule has 8 heteroatoms. The summed E-state index contributed by atoms with van der Waals surface area (Å²) in [6, 6.07) is 12.5. The van der Waals surface area contributed by atoms with Crippen LogP contribution in [-0.2, 0) is 11.3 Å². The van der Waals surface area contributed by atoms with Gasteiger partial charge in [-0.05, 0) is 30.2 Å². The first kappa shape index (κ1) is 18.4. The Labute approximate surface area is 148 Å². The van der Waals surface area contributed by atoms with Gasteiger partial charge in [-0.2, -0.15) is 0 Å². The van der Waals surface area contributed by atoms with Crippen molar-refractivity contribution in [2.75, 3.05) is 0 Å². The van der Waals surface area contributed by atoms with Crippen molar-refractivity contribution in [1.29, 1.82) is 0 Å². The molecule has 2 aromatic rings. The topological polar surface area (TPSA) is 98.5 Å². The van der Waals surface area contributed by atoms with E-state index in [4.69, 9.17) is 16.3 Å². The number of hydrogen-bond donors (Lipinski definition) is 1. The Balaban J connectivity index is 2.11. The number of carbonyl (C=O) groups is 2. The quantitative estimate of drug-likeness (QED) is 0.476. The number of halogens is 1. The molecule has 130 valence electrons. The second-order valence-electron chi connectivity index (χ2n) is 5.20. The van der Waals surface area contributed by atoms with E-state index in [0.29, 0.717) is 0 Å². The summed E-state index contributed by atoms with van der Waals surface area (Å²) in [6.07, 6.45) is -0.728. The fraction of sp³-hybridized carbons (Fsp3) is 0.176. The van der Waals surface area contributed by atoms with Crippen LogP contribution in [0.3, 0.4) is 0 Å². The van der Waals surface area contributed by atoms with E-state index in [9.17, 15) is 19.7 Å². The lowest BCUT2D eigenvalue weighted by molar-refractivity contribution is -0.386. The van der Waals surface area contributed by atoms with Crippen LogP contribution < -0.4 is 5.32 Å². The minimum atomic E-state index is -0.938. The maximum Gasteiger partial charge on any atom is 0.407 e. The van der Waals surface area contributed by atoms with Gasteiger partial charge in [0.1, 0.15) is 12.2 Å². The summed E-state index contributed by atoms with van der Waals surface area (Å²) in [5.41, 5.74) is 0.313. The van der Waals surface area contributed by atoms with E-state index in [0.717, 1.165) is 5.56 Å². The van der Waals surface area contributed by atoms with Gasteiger partial charge >= 0.3 is 6.09 Å². The molecule has 0 bridgehead atoms. The monoisotopic (exact) mass is 362 g/mol. The molecule has 0 spiro atoms. The molecule has 0 unspecified atom stereocenters. The molecule has 25 heavy (non-hydrogen) atoms. The maximum absolute atomic E-state index is 11.9. The summed E-state index contributed by atoms with van der Waals surface area (Å²) >= 11 is 5.40. The number of amides is 1. The van der Waals surface area contributed by atoms with Crippen LogP contribution in [0.2, 0.25) is 0 Å². The zero-order chi connectivity index (χ0) is 18.4. The molecule has 0 aromatic heterocycles. The number of nitrogens with zero attached hydrogens (tertiary/aromatic N) is 1.